The molecule has 10 aromatic heterocycles. The van der Waals surface area contributed by atoms with Crippen molar-refractivity contribution in [3.63, 3.8) is 0 Å². The smallest absolute Gasteiger partial charge is 0.382 e. The van der Waals surface area contributed by atoms with Gasteiger partial charge in [0.05, 0.1) is 95.0 Å². The Morgan fingerprint density at radius 1 is 0.406 bits per heavy atom. The first-order valence-corrected chi connectivity index (χ1v) is 53.9. The summed E-state index contributed by atoms with van der Waals surface area (Å²) >= 11 is 32.1. The number of nitrogen functional groups attached to an aromatic ring is 4. The van der Waals surface area contributed by atoms with Crippen LogP contribution in [-0.4, -0.2) is 235 Å². The van der Waals surface area contributed by atoms with Crippen LogP contribution in [0.25, 0.3) is 44.7 Å². The highest BCUT2D eigenvalue weighted by Gasteiger charge is 2.51. The molecule has 16 rings (SSSR count). The second-order valence-electron chi connectivity index (χ2n) is 29.6. The monoisotopic (exact) mass is 2020 g/mol. The largest absolute Gasteiger partial charge is 0.386 e. The SMILES string of the molecule is CC[C@H]1O[C@@H](n2cnc3c(=O)[nH]c(N)nc32)C[C@H]1OP(O)(=S)OC[C@H]1O[C@@H](n2cnc3c(N)ncnc32)C[C@H]1OP(O)(=S)OC[C@H]1O[C@@H](n2cnc3c(N)ncnc32)C[C@H]1OP(=O)(S)OC[C@H]1O[C@@H](n2cc(C)c(=O)[nH]c2=O)C[C@H]1OP(O)(=S)OC[C@H]1O[C@@H](n2cnc3c(=O)[nH]c(N)nc32)C[C@H]1OP(O)(=S)OC[C@H]1O[C@@H](n2cc(C)c(=O)[nH]c2=O)C[C@H]1OP(O)(=S)OC. The average Bonchev–Trinajstić information content (AvgIpc) is 1.64. The zero-order chi connectivity index (χ0) is 91.2. The van der Waals surface area contributed by atoms with Crippen molar-refractivity contribution in [3.8, 4) is 0 Å². The molecule has 16 heterocycles. The molecule has 0 aliphatic carbocycles. The standard InChI is InChI=1S/C62H80N24O30P6S6/c1-5-27-28(6-43(105-27)85-23-73-47-53(85)75-59(65)77-57(47)89)112-118(94,124)100-16-36-31(9-41(108-36)83-21-71-45-49(63)67-19-69-51(45)83)115-122(98,128)103-17-37-32(10-42(109-37)84-22-72-46-50(64)68-20-70-52(46)84)114-121(97,127)102-15-35-30(8-40(107-35)82-13-26(3)56(88)80-62(82)92)113-119(95,125)104-18-38-33(11-44(110-38)86-24-74-48-54(86)76-60(66)78-58(48)90)116-120(96,126)101-14-34-29(111-117(93,123)99-4)7-39(106-34)81-12-25(2)55(87)79-61(81)91/h12-13,19-24,27-44H,5-11,14-18H2,1-4H3,(H,93,123)(H,94,124)(H,95,125)(H,96,126)(H,97,127)(H,98,128)(H2,63,67,69)(H2,64,68,70)(H,79,87,91)(H,80,88,92)(H3,65,75,77,89)(H3,66,76,78,90)/t27-,28-,29-,30-,31-,32-,33-,34-,35-,36-,37-,38-,39-,40-,41-,42-,43-,44-,117?,118?,119?,120?,121?,122?/m1/s1. The van der Waals surface area contributed by atoms with Gasteiger partial charge in [-0.3, -0.25) is 75.6 Å². The number of ether oxygens (including phenoxy) is 6. The number of hydrogen-bond acceptors (Lipinski definition) is 44. The number of aryl methyl sites for hydroxylation is 2. The Hall–Kier alpha value is -6.73. The van der Waals surface area contributed by atoms with Gasteiger partial charge >= 0.3 is 51.8 Å². The van der Waals surface area contributed by atoms with E-state index in [2.05, 4.69) is 82.0 Å². The number of imidazole rings is 4. The van der Waals surface area contributed by atoms with Crippen LogP contribution in [0.1, 0.15) is 100 Å². The van der Waals surface area contributed by atoms with Gasteiger partial charge in [0.25, 0.3) is 22.2 Å². The molecule has 24 atom stereocenters. The zero-order valence-corrected chi connectivity index (χ0v) is 76.9. The number of fused-ring (bicyclic) bond motifs is 4. The number of H-pyrrole nitrogens is 4. The van der Waals surface area contributed by atoms with Crippen LogP contribution in [0.15, 0.2) is 79.1 Å². The van der Waals surface area contributed by atoms with Gasteiger partial charge in [0, 0.05) is 69.2 Å². The first-order valence-electron chi connectivity index (χ1n) is 38.3. The van der Waals surface area contributed by atoms with Gasteiger partial charge in [-0.2, -0.15) is 9.97 Å². The Kier molecular flexibility index (Phi) is 27.8. The molecule has 54 nitrogen and oxygen atoms in total. The summed E-state index contributed by atoms with van der Waals surface area (Å²) in [4.78, 5) is 187. The predicted molar refractivity (Wildman–Crippen MR) is 463 cm³/mol. The minimum atomic E-state index is -4.80. The first kappa shape index (κ1) is 94.5. The van der Waals surface area contributed by atoms with Gasteiger partial charge in [0.15, 0.2) is 45.3 Å². The molecular formula is C62H80N24O30P6S6. The minimum Gasteiger partial charge on any atom is -0.382 e. The summed E-state index contributed by atoms with van der Waals surface area (Å²) in [6.45, 7) is -25.6. The number of aromatic amines is 4. The lowest BCUT2D eigenvalue weighted by atomic mass is 10.1. The molecule has 17 N–H and O–H groups in total. The van der Waals surface area contributed by atoms with Crippen molar-refractivity contribution in [2.45, 2.75) is 176 Å². The highest BCUT2D eigenvalue weighted by molar-refractivity contribution is 8.44. The lowest BCUT2D eigenvalue weighted by molar-refractivity contribution is -0.0553. The van der Waals surface area contributed by atoms with Crippen LogP contribution in [0.3, 0.4) is 0 Å². The Morgan fingerprint density at radius 2 is 0.695 bits per heavy atom. The minimum absolute atomic E-state index is 0.00694. The second kappa shape index (κ2) is 37.6. The maximum atomic E-state index is 15.0. The molecule has 6 aliphatic rings. The molecule has 128 heavy (non-hydrogen) atoms. The highest BCUT2D eigenvalue weighted by atomic mass is 32.7. The van der Waals surface area contributed by atoms with Crippen LogP contribution < -0.4 is 56.6 Å². The summed E-state index contributed by atoms with van der Waals surface area (Å²) in [7, 11) is 1.10. The first-order chi connectivity index (χ1) is 60.5. The van der Waals surface area contributed by atoms with E-state index in [1.165, 1.54) is 82.5 Å². The van der Waals surface area contributed by atoms with Crippen LogP contribution in [0.4, 0.5) is 23.5 Å². The molecule has 0 aromatic carbocycles. The van der Waals surface area contributed by atoms with Crippen LogP contribution in [0.5, 0.6) is 0 Å². The van der Waals surface area contributed by atoms with E-state index in [0.717, 1.165) is 16.2 Å². The van der Waals surface area contributed by atoms with Crippen molar-refractivity contribution in [2.24, 2.45) is 0 Å². The van der Waals surface area contributed by atoms with E-state index in [9.17, 15) is 53.2 Å². The number of nitrogens with zero attached hydrogens (tertiary/aromatic N) is 16. The van der Waals surface area contributed by atoms with E-state index < -0.39 is 218 Å². The van der Waals surface area contributed by atoms with Gasteiger partial charge in [-0.25, -0.2) is 54.0 Å². The lowest BCUT2D eigenvalue weighted by Gasteiger charge is -2.28. The molecule has 0 saturated carbocycles. The van der Waals surface area contributed by atoms with Gasteiger partial charge < -0.3 is 121 Å². The van der Waals surface area contributed by atoms with E-state index in [-0.39, 0.29) is 118 Å². The molecule has 10 aromatic rings. The number of rotatable bonds is 35. The van der Waals surface area contributed by atoms with Gasteiger partial charge in [-0.1, -0.05) is 19.2 Å². The summed E-state index contributed by atoms with van der Waals surface area (Å²) in [5, 5.41) is 0. The third kappa shape index (κ3) is 20.9. The third-order valence-electron chi connectivity index (χ3n) is 21.2. The fourth-order valence-electron chi connectivity index (χ4n) is 15.1. The van der Waals surface area contributed by atoms with E-state index in [0.29, 0.717) is 6.42 Å². The Morgan fingerprint density at radius 3 is 1.03 bits per heavy atom. The predicted octanol–water partition coefficient (Wildman–Crippen LogP) is 1.28. The Bertz CT molecular complexity index is 6610. The molecule has 66 heteroatoms. The lowest BCUT2D eigenvalue weighted by Crippen LogP contribution is -2.33. The molecule has 0 amide bonds. The van der Waals surface area contributed by atoms with Crippen LogP contribution >= 0.6 is 52.6 Å². The van der Waals surface area contributed by atoms with Crippen molar-refractivity contribution in [1.82, 2.24) is 97.2 Å². The highest BCUT2D eigenvalue weighted by Crippen LogP contribution is 2.60. The molecule has 0 radical (unpaired) electrons. The summed E-state index contributed by atoms with van der Waals surface area (Å²) in [5.74, 6) is -0.393. The van der Waals surface area contributed by atoms with Crippen molar-refractivity contribution in [3.05, 3.63) is 124 Å². The summed E-state index contributed by atoms with van der Waals surface area (Å²) in [5.41, 5.74) is 20.6. The van der Waals surface area contributed by atoms with Crippen LogP contribution in [-0.2, 0) is 146 Å². The van der Waals surface area contributed by atoms with Gasteiger partial charge in [-0.05, 0) is 79.3 Å². The molecule has 0 bridgehead atoms. The second-order valence-corrected chi connectivity index (χ2v) is 46.5. The van der Waals surface area contributed by atoms with Crippen molar-refractivity contribution in [1.29, 1.82) is 0 Å². The fourth-order valence-corrected chi connectivity index (χ4v) is 23.5. The number of thiol groups is 1. The molecule has 694 valence electrons. The quantitative estimate of drug-likeness (QED) is 0.0196. The number of hydrogen-bond donors (Lipinski definition) is 14. The van der Waals surface area contributed by atoms with Gasteiger partial charge in [-0.15, -0.1) is 0 Å². The summed E-state index contributed by atoms with van der Waals surface area (Å²) < 4.78 is 133. The maximum absolute atomic E-state index is 15.0. The molecule has 6 unspecified atom stereocenters. The number of nitrogens with two attached hydrogens (primary N) is 4. The summed E-state index contributed by atoms with van der Waals surface area (Å²) in [6, 6.07) is 0. The number of anilines is 4. The van der Waals surface area contributed by atoms with Crippen molar-refractivity contribution < 1.29 is 112 Å². The number of aromatic nitrogens is 20. The van der Waals surface area contributed by atoms with Gasteiger partial charge in [0.1, 0.15) is 97.7 Å². The molecule has 6 fully saturated rings. The van der Waals surface area contributed by atoms with Crippen molar-refractivity contribution in [2.75, 3.05) is 63.1 Å². The average molecular weight is 2020 g/mol. The molecule has 6 aliphatic heterocycles. The van der Waals surface area contributed by atoms with Crippen LogP contribution in [0, 0.1) is 13.8 Å². The fraction of sp³-hybridized carbons (Fsp3) is 0.548. The Balaban J connectivity index is 0.614. The van der Waals surface area contributed by atoms with Crippen molar-refractivity contribution >= 4 is 180 Å². The topological polar surface area (TPSA) is 713 Å². The van der Waals surface area contributed by atoms with E-state index in [1.807, 2.05) is 6.92 Å². The third-order valence-corrected chi connectivity index (χ3v) is 30.9. The molecule has 0 spiro atoms. The van der Waals surface area contributed by atoms with E-state index in [4.69, 9.17) is 165 Å². The van der Waals surface area contributed by atoms with Gasteiger partial charge in [0.2, 0.25) is 11.9 Å². The normalized spacial score (nSPS) is 29.1. The van der Waals surface area contributed by atoms with Crippen LogP contribution in [0.2, 0.25) is 0 Å². The van der Waals surface area contributed by atoms with E-state index >= 15 is 4.57 Å². The number of nitrogens with one attached hydrogen (secondary N) is 4. The molecule has 6 saturated heterocycles. The Labute approximate surface area is 747 Å². The van der Waals surface area contributed by atoms with E-state index in [1.54, 1.807) is 0 Å². The molecular weight excluding hydrogens is 1940 g/mol. The zero-order valence-electron chi connectivity index (χ0n) is 66.6. The maximum Gasteiger partial charge on any atom is 0.386 e. The summed E-state index contributed by atoms with van der Waals surface area (Å²) in [6.07, 6.45) is -12.3.